The van der Waals surface area contributed by atoms with Gasteiger partial charge in [-0.2, -0.15) is 0 Å². The van der Waals surface area contributed by atoms with Crippen molar-refractivity contribution >= 4 is 11.9 Å². The summed E-state index contributed by atoms with van der Waals surface area (Å²) in [4.78, 5) is 42.0. The fourth-order valence-corrected chi connectivity index (χ4v) is 2.85. The van der Waals surface area contributed by atoms with Gasteiger partial charge in [0, 0.05) is 31.0 Å². The molecule has 2 aromatic heterocycles. The predicted molar refractivity (Wildman–Crippen MR) is 86.7 cm³/mol. The van der Waals surface area contributed by atoms with Gasteiger partial charge in [-0.3, -0.25) is 14.2 Å². The smallest absolute Gasteiger partial charge is 0.341 e. The molecular weight excluding hydrogens is 310 g/mol. The van der Waals surface area contributed by atoms with E-state index in [1.54, 1.807) is 24.0 Å². The van der Waals surface area contributed by atoms with E-state index in [2.05, 4.69) is 4.98 Å². The summed E-state index contributed by atoms with van der Waals surface area (Å²) in [6, 6.07) is 4.66. The molecule has 1 aliphatic heterocycles. The van der Waals surface area contributed by atoms with E-state index in [-0.39, 0.29) is 17.3 Å². The second-order valence-electron chi connectivity index (χ2n) is 5.76. The first-order chi connectivity index (χ1) is 11.5. The summed E-state index contributed by atoms with van der Waals surface area (Å²) in [5.41, 5.74) is -0.143. The van der Waals surface area contributed by atoms with Crippen molar-refractivity contribution in [2.75, 3.05) is 13.1 Å². The molecule has 1 N–H and O–H groups in total. The largest absolute Gasteiger partial charge is 0.477 e. The first-order valence-electron chi connectivity index (χ1n) is 7.70. The molecule has 2 aromatic rings. The molecule has 24 heavy (non-hydrogen) atoms. The van der Waals surface area contributed by atoms with Crippen LogP contribution in [0.25, 0.3) is 5.82 Å². The molecule has 0 aliphatic carbocycles. The first kappa shape index (κ1) is 15.9. The van der Waals surface area contributed by atoms with Gasteiger partial charge in [0.2, 0.25) is 0 Å². The Morgan fingerprint density at radius 3 is 2.58 bits per heavy atom. The zero-order valence-corrected chi connectivity index (χ0v) is 13.2. The highest BCUT2D eigenvalue weighted by atomic mass is 16.4. The molecular formula is C17H17N3O4. The summed E-state index contributed by atoms with van der Waals surface area (Å²) in [7, 11) is 0. The number of hydrogen-bond donors (Lipinski definition) is 1. The number of aromatic nitrogens is 2. The molecule has 0 saturated carbocycles. The van der Waals surface area contributed by atoms with Crippen molar-refractivity contribution in [1.29, 1.82) is 0 Å². The molecule has 0 spiro atoms. The number of rotatable bonds is 3. The molecule has 1 aliphatic rings. The van der Waals surface area contributed by atoms with E-state index in [4.69, 9.17) is 0 Å². The summed E-state index contributed by atoms with van der Waals surface area (Å²) < 4.78 is 1.15. The highest BCUT2D eigenvalue weighted by Gasteiger charge is 2.21. The normalized spacial score (nSPS) is 14.0. The van der Waals surface area contributed by atoms with E-state index in [1.807, 2.05) is 0 Å². The van der Waals surface area contributed by atoms with Crippen molar-refractivity contribution in [2.24, 2.45) is 0 Å². The molecule has 0 radical (unpaired) electrons. The number of carbonyl (C=O) groups is 2. The average Bonchev–Trinajstić information content (AvgIpc) is 3.08. The van der Waals surface area contributed by atoms with Crippen LogP contribution in [0.3, 0.4) is 0 Å². The Bertz CT molecular complexity index is 866. The summed E-state index contributed by atoms with van der Waals surface area (Å²) in [6.07, 6.45) is 4.90. The van der Waals surface area contributed by atoms with E-state index in [1.165, 1.54) is 18.5 Å². The second-order valence-corrected chi connectivity index (χ2v) is 5.76. The number of amides is 1. The second kappa shape index (κ2) is 6.27. The summed E-state index contributed by atoms with van der Waals surface area (Å²) in [6.45, 7) is 3.02. The van der Waals surface area contributed by atoms with Gasteiger partial charge in [0.1, 0.15) is 11.4 Å². The van der Waals surface area contributed by atoms with Gasteiger partial charge in [0.05, 0.1) is 0 Å². The Kier molecular flexibility index (Phi) is 4.16. The van der Waals surface area contributed by atoms with Crippen LogP contribution in [-0.2, 0) is 0 Å². The zero-order chi connectivity index (χ0) is 17.3. The number of aryl methyl sites for hydroxylation is 1. The Morgan fingerprint density at radius 1 is 1.21 bits per heavy atom. The number of nitrogens with zero attached hydrogens (tertiary/aromatic N) is 3. The maximum Gasteiger partial charge on any atom is 0.341 e. The van der Waals surface area contributed by atoms with Gasteiger partial charge in [-0.25, -0.2) is 9.78 Å². The number of hydrogen-bond acceptors (Lipinski definition) is 4. The quantitative estimate of drug-likeness (QED) is 0.921. The lowest BCUT2D eigenvalue weighted by molar-refractivity contribution is 0.0693. The van der Waals surface area contributed by atoms with Gasteiger partial charge in [-0.1, -0.05) is 0 Å². The van der Waals surface area contributed by atoms with Crippen molar-refractivity contribution in [3.8, 4) is 5.82 Å². The molecule has 7 nitrogen and oxygen atoms in total. The van der Waals surface area contributed by atoms with Crippen LogP contribution >= 0.6 is 0 Å². The molecule has 1 saturated heterocycles. The van der Waals surface area contributed by atoms with Crippen molar-refractivity contribution in [2.45, 2.75) is 19.8 Å². The third-order valence-corrected chi connectivity index (χ3v) is 4.15. The van der Waals surface area contributed by atoms with Crippen LogP contribution in [0.2, 0.25) is 0 Å². The third kappa shape index (κ3) is 2.80. The minimum Gasteiger partial charge on any atom is -0.477 e. The minimum absolute atomic E-state index is 0.102. The van der Waals surface area contributed by atoms with Gasteiger partial charge in [0.15, 0.2) is 0 Å². The highest BCUT2D eigenvalue weighted by molar-refractivity contribution is 5.94. The topological polar surface area (TPSA) is 92.5 Å². The van der Waals surface area contributed by atoms with Gasteiger partial charge in [0.25, 0.3) is 11.5 Å². The van der Waals surface area contributed by atoms with Gasteiger partial charge in [-0.05, 0) is 43.5 Å². The highest BCUT2D eigenvalue weighted by Crippen LogP contribution is 2.14. The van der Waals surface area contributed by atoms with Crippen LogP contribution < -0.4 is 5.56 Å². The molecule has 3 rings (SSSR count). The third-order valence-electron chi connectivity index (χ3n) is 4.15. The molecule has 3 heterocycles. The number of carboxylic acids is 1. The van der Waals surface area contributed by atoms with Crippen molar-refractivity contribution < 1.29 is 14.7 Å². The van der Waals surface area contributed by atoms with Crippen LogP contribution in [0.1, 0.15) is 39.1 Å². The number of pyridine rings is 2. The fraction of sp³-hybridized carbons (Fsp3) is 0.294. The maximum absolute atomic E-state index is 12.5. The van der Waals surface area contributed by atoms with E-state index in [0.717, 1.165) is 30.5 Å². The number of likely N-dealkylation sites (tertiary alicyclic amines) is 1. The van der Waals surface area contributed by atoms with E-state index < -0.39 is 11.5 Å². The van der Waals surface area contributed by atoms with E-state index >= 15 is 0 Å². The number of carbonyl (C=O) groups excluding carboxylic acids is 1. The first-order valence-corrected chi connectivity index (χ1v) is 7.70. The van der Waals surface area contributed by atoms with E-state index in [0.29, 0.717) is 11.1 Å². The zero-order valence-electron chi connectivity index (χ0n) is 13.2. The summed E-state index contributed by atoms with van der Waals surface area (Å²) in [5.74, 6) is -1.15. The molecule has 0 bridgehead atoms. The Labute approximate surface area is 138 Å². The Morgan fingerprint density at radius 2 is 1.92 bits per heavy atom. The van der Waals surface area contributed by atoms with Crippen LogP contribution in [0.4, 0.5) is 0 Å². The average molecular weight is 327 g/mol. The number of aromatic carboxylic acids is 1. The van der Waals surface area contributed by atoms with Crippen LogP contribution in [0.15, 0.2) is 35.4 Å². The summed E-state index contributed by atoms with van der Waals surface area (Å²) in [5, 5.41) is 9.21. The van der Waals surface area contributed by atoms with Crippen LogP contribution in [-0.4, -0.2) is 44.5 Å². The minimum atomic E-state index is -1.28. The lowest BCUT2D eigenvalue weighted by Crippen LogP contribution is -2.29. The van der Waals surface area contributed by atoms with Gasteiger partial charge >= 0.3 is 5.97 Å². The van der Waals surface area contributed by atoms with Gasteiger partial charge < -0.3 is 10.0 Å². The Hall–Kier alpha value is -2.96. The maximum atomic E-state index is 12.5. The monoisotopic (exact) mass is 327 g/mol. The molecule has 7 heteroatoms. The van der Waals surface area contributed by atoms with Crippen molar-refractivity contribution in [3.63, 3.8) is 0 Å². The SMILES string of the molecule is Cc1ccn(-c2cc(C(=O)N3CCCC3)ccn2)c(=O)c1C(=O)O. The van der Waals surface area contributed by atoms with Crippen molar-refractivity contribution in [3.05, 3.63) is 57.6 Å². The molecule has 0 unspecified atom stereocenters. The molecule has 1 amide bonds. The number of carboxylic acid groups (broad SMARTS) is 1. The van der Waals surface area contributed by atoms with Gasteiger partial charge in [-0.15, -0.1) is 0 Å². The lowest BCUT2D eigenvalue weighted by atomic mass is 10.1. The fourth-order valence-electron chi connectivity index (χ4n) is 2.85. The van der Waals surface area contributed by atoms with E-state index in [9.17, 15) is 19.5 Å². The predicted octanol–water partition coefficient (Wildman–Crippen LogP) is 1.48. The Balaban J connectivity index is 2.04. The molecule has 0 aromatic carbocycles. The molecule has 0 atom stereocenters. The lowest BCUT2D eigenvalue weighted by Gasteiger charge is -2.15. The van der Waals surface area contributed by atoms with Crippen LogP contribution in [0.5, 0.6) is 0 Å². The molecule has 1 fully saturated rings. The molecule has 124 valence electrons. The standard InChI is InChI=1S/C17H17N3O4/c1-11-5-9-20(16(22)14(11)17(23)24)13-10-12(4-6-18-13)15(21)19-7-2-3-8-19/h4-6,9-10H,2-3,7-8H2,1H3,(H,23,24). The van der Waals surface area contributed by atoms with Crippen molar-refractivity contribution in [1.82, 2.24) is 14.5 Å². The summed E-state index contributed by atoms with van der Waals surface area (Å²) >= 11 is 0. The van der Waals surface area contributed by atoms with Crippen LogP contribution in [0, 0.1) is 6.92 Å².